The molecule has 1 amide bonds. The SMILES string of the molecule is CC(C)C(N)c1cc(Cl)cc2c1NC(=O)CC2. The maximum Gasteiger partial charge on any atom is 0.224 e. The van der Waals surface area contributed by atoms with Gasteiger partial charge in [0.05, 0.1) is 0 Å². The van der Waals surface area contributed by atoms with Gasteiger partial charge in [-0.2, -0.15) is 0 Å². The van der Waals surface area contributed by atoms with Crippen molar-refractivity contribution in [2.45, 2.75) is 32.7 Å². The van der Waals surface area contributed by atoms with E-state index in [4.69, 9.17) is 17.3 Å². The molecule has 1 aliphatic rings. The van der Waals surface area contributed by atoms with Crippen molar-refractivity contribution in [3.63, 3.8) is 0 Å². The van der Waals surface area contributed by atoms with E-state index < -0.39 is 0 Å². The molecule has 1 aromatic carbocycles. The maximum atomic E-state index is 11.5. The number of fused-ring (bicyclic) bond motifs is 1. The van der Waals surface area contributed by atoms with Gasteiger partial charge in [0.15, 0.2) is 0 Å². The quantitative estimate of drug-likeness (QED) is 0.850. The molecule has 0 spiro atoms. The van der Waals surface area contributed by atoms with Gasteiger partial charge in [-0.25, -0.2) is 0 Å². The zero-order valence-electron chi connectivity index (χ0n) is 10.1. The largest absolute Gasteiger partial charge is 0.326 e. The molecule has 0 fully saturated rings. The summed E-state index contributed by atoms with van der Waals surface area (Å²) in [6, 6.07) is 3.66. The number of anilines is 1. The van der Waals surface area contributed by atoms with Crippen molar-refractivity contribution in [2.24, 2.45) is 11.7 Å². The summed E-state index contributed by atoms with van der Waals surface area (Å²) in [7, 11) is 0. The first-order valence-electron chi connectivity index (χ1n) is 5.86. The molecule has 0 aliphatic carbocycles. The third kappa shape index (κ3) is 2.45. The van der Waals surface area contributed by atoms with Gasteiger partial charge in [0.2, 0.25) is 5.91 Å². The van der Waals surface area contributed by atoms with E-state index in [1.54, 1.807) is 0 Å². The van der Waals surface area contributed by atoms with E-state index in [2.05, 4.69) is 19.2 Å². The van der Waals surface area contributed by atoms with Crippen molar-refractivity contribution in [1.82, 2.24) is 0 Å². The van der Waals surface area contributed by atoms with Crippen molar-refractivity contribution >= 4 is 23.2 Å². The number of amides is 1. The van der Waals surface area contributed by atoms with Crippen molar-refractivity contribution in [3.05, 3.63) is 28.3 Å². The van der Waals surface area contributed by atoms with Gasteiger partial charge in [-0.05, 0) is 35.6 Å². The number of hydrogen-bond acceptors (Lipinski definition) is 2. The van der Waals surface area contributed by atoms with E-state index in [0.717, 1.165) is 23.2 Å². The molecule has 1 atom stereocenters. The normalized spacial score (nSPS) is 16.6. The third-order valence-corrected chi connectivity index (χ3v) is 3.40. The highest BCUT2D eigenvalue weighted by molar-refractivity contribution is 6.31. The first kappa shape index (κ1) is 12.4. The van der Waals surface area contributed by atoms with Gasteiger partial charge in [-0.1, -0.05) is 25.4 Å². The van der Waals surface area contributed by atoms with Crippen LogP contribution in [0.2, 0.25) is 5.02 Å². The van der Waals surface area contributed by atoms with Gasteiger partial charge in [0.25, 0.3) is 0 Å². The molecule has 17 heavy (non-hydrogen) atoms. The number of aryl methyl sites for hydroxylation is 1. The fourth-order valence-corrected chi connectivity index (χ4v) is 2.36. The van der Waals surface area contributed by atoms with Crippen LogP contribution in [0, 0.1) is 5.92 Å². The Morgan fingerprint density at radius 3 is 2.71 bits per heavy atom. The molecule has 1 heterocycles. The summed E-state index contributed by atoms with van der Waals surface area (Å²) in [5.74, 6) is 0.355. The summed E-state index contributed by atoms with van der Waals surface area (Å²) in [4.78, 5) is 11.5. The number of carbonyl (C=O) groups is 1. The van der Waals surface area contributed by atoms with Crippen LogP contribution in [-0.4, -0.2) is 5.91 Å². The lowest BCUT2D eigenvalue weighted by Gasteiger charge is -2.25. The smallest absolute Gasteiger partial charge is 0.224 e. The Balaban J connectivity index is 2.50. The lowest BCUT2D eigenvalue weighted by molar-refractivity contribution is -0.116. The number of carbonyl (C=O) groups excluding carboxylic acids is 1. The second kappa shape index (κ2) is 4.67. The van der Waals surface area contributed by atoms with Crippen LogP contribution in [0.25, 0.3) is 0 Å². The number of nitrogens with one attached hydrogen (secondary N) is 1. The minimum absolute atomic E-state index is 0.0528. The van der Waals surface area contributed by atoms with Gasteiger partial charge in [0.1, 0.15) is 0 Å². The molecule has 4 heteroatoms. The van der Waals surface area contributed by atoms with Gasteiger partial charge in [0, 0.05) is 23.2 Å². The number of benzene rings is 1. The molecule has 3 nitrogen and oxygen atoms in total. The molecule has 2 rings (SSSR count). The third-order valence-electron chi connectivity index (χ3n) is 3.18. The van der Waals surface area contributed by atoms with E-state index >= 15 is 0 Å². The fraction of sp³-hybridized carbons (Fsp3) is 0.462. The van der Waals surface area contributed by atoms with Gasteiger partial charge < -0.3 is 11.1 Å². The van der Waals surface area contributed by atoms with Crippen LogP contribution in [0.3, 0.4) is 0 Å². The van der Waals surface area contributed by atoms with Crippen LogP contribution in [0.4, 0.5) is 5.69 Å². The van der Waals surface area contributed by atoms with Crippen LogP contribution in [0.15, 0.2) is 12.1 Å². The van der Waals surface area contributed by atoms with Crippen molar-refractivity contribution in [3.8, 4) is 0 Å². The zero-order valence-corrected chi connectivity index (χ0v) is 10.8. The summed E-state index contributed by atoms with van der Waals surface area (Å²) in [5.41, 5.74) is 9.06. The Kier molecular flexibility index (Phi) is 3.40. The average molecular weight is 253 g/mol. The van der Waals surface area contributed by atoms with Crippen molar-refractivity contribution in [2.75, 3.05) is 5.32 Å². The summed E-state index contributed by atoms with van der Waals surface area (Å²) in [6.07, 6.45) is 1.25. The Hall–Kier alpha value is -1.06. The summed E-state index contributed by atoms with van der Waals surface area (Å²) < 4.78 is 0. The van der Waals surface area contributed by atoms with Gasteiger partial charge >= 0.3 is 0 Å². The minimum atomic E-state index is -0.110. The fourth-order valence-electron chi connectivity index (χ4n) is 2.11. The Morgan fingerprint density at radius 2 is 2.06 bits per heavy atom. The molecule has 1 unspecified atom stereocenters. The zero-order chi connectivity index (χ0) is 12.6. The van der Waals surface area contributed by atoms with Crippen LogP contribution in [0.1, 0.15) is 37.4 Å². The first-order chi connectivity index (χ1) is 7.99. The molecule has 0 saturated heterocycles. The predicted molar refractivity (Wildman–Crippen MR) is 70.2 cm³/mol. The minimum Gasteiger partial charge on any atom is -0.326 e. The van der Waals surface area contributed by atoms with E-state index in [9.17, 15) is 4.79 Å². The van der Waals surface area contributed by atoms with Crippen LogP contribution in [-0.2, 0) is 11.2 Å². The first-order valence-corrected chi connectivity index (χ1v) is 6.24. The van der Waals surface area contributed by atoms with Crippen LogP contribution >= 0.6 is 11.6 Å². The molecule has 0 aromatic heterocycles. The highest BCUT2D eigenvalue weighted by atomic mass is 35.5. The average Bonchev–Trinajstić information content (AvgIpc) is 2.27. The topological polar surface area (TPSA) is 55.1 Å². The van der Waals surface area contributed by atoms with Gasteiger partial charge in [-0.15, -0.1) is 0 Å². The van der Waals surface area contributed by atoms with Crippen LogP contribution < -0.4 is 11.1 Å². The number of halogens is 1. The molecular weight excluding hydrogens is 236 g/mol. The monoisotopic (exact) mass is 252 g/mol. The lowest BCUT2D eigenvalue weighted by Crippen LogP contribution is -2.24. The Morgan fingerprint density at radius 1 is 1.35 bits per heavy atom. The molecule has 1 aromatic rings. The van der Waals surface area contributed by atoms with E-state index in [0.29, 0.717) is 17.4 Å². The summed E-state index contributed by atoms with van der Waals surface area (Å²) >= 11 is 6.10. The van der Waals surface area contributed by atoms with Crippen LogP contribution in [0.5, 0.6) is 0 Å². The molecule has 0 radical (unpaired) electrons. The van der Waals surface area contributed by atoms with Gasteiger partial charge in [-0.3, -0.25) is 4.79 Å². The summed E-state index contributed by atoms with van der Waals surface area (Å²) in [6.45, 7) is 4.12. The summed E-state index contributed by atoms with van der Waals surface area (Å²) in [5, 5.41) is 3.60. The van der Waals surface area contributed by atoms with E-state index in [1.807, 2.05) is 12.1 Å². The predicted octanol–water partition coefficient (Wildman–Crippen LogP) is 2.88. The maximum absolute atomic E-state index is 11.5. The number of rotatable bonds is 2. The van der Waals surface area contributed by atoms with Crippen molar-refractivity contribution in [1.29, 1.82) is 0 Å². The van der Waals surface area contributed by atoms with E-state index in [-0.39, 0.29) is 11.9 Å². The molecule has 1 aliphatic heterocycles. The molecular formula is C13H17ClN2O. The van der Waals surface area contributed by atoms with Crippen molar-refractivity contribution < 1.29 is 4.79 Å². The highest BCUT2D eigenvalue weighted by Crippen LogP contribution is 2.35. The highest BCUT2D eigenvalue weighted by Gasteiger charge is 2.23. The second-order valence-corrected chi connectivity index (χ2v) is 5.28. The number of nitrogens with two attached hydrogens (primary N) is 1. The number of hydrogen-bond donors (Lipinski definition) is 2. The molecule has 0 saturated carbocycles. The standard InChI is InChI=1S/C13H17ClN2O/c1-7(2)12(15)10-6-9(14)5-8-3-4-11(17)16-13(8)10/h5-7,12H,3-4,15H2,1-2H3,(H,16,17). The lowest BCUT2D eigenvalue weighted by atomic mass is 9.91. The Bertz CT molecular complexity index is 457. The molecule has 92 valence electrons. The Labute approximate surface area is 106 Å². The van der Waals surface area contributed by atoms with E-state index in [1.165, 1.54) is 0 Å². The second-order valence-electron chi connectivity index (χ2n) is 4.85. The molecule has 0 bridgehead atoms. The molecule has 3 N–H and O–H groups in total.